The number of thioether (sulfide) groups is 1. The third-order valence-electron chi connectivity index (χ3n) is 2.84. The molecule has 1 saturated heterocycles. The van der Waals surface area contributed by atoms with E-state index in [0.717, 1.165) is 25.3 Å². The highest BCUT2D eigenvalue weighted by molar-refractivity contribution is 7.99. The molecule has 2 rings (SSSR count). The summed E-state index contributed by atoms with van der Waals surface area (Å²) < 4.78 is 5.11. The smallest absolute Gasteiger partial charge is 0.407 e. The minimum absolute atomic E-state index is 0.0145. The SMILES string of the molecule is CCCNCc1cccc(SCC2CNC(=O)O2)c1. The molecule has 1 aromatic carbocycles. The van der Waals surface area contributed by atoms with Crippen molar-refractivity contribution in [1.29, 1.82) is 0 Å². The highest BCUT2D eigenvalue weighted by Crippen LogP contribution is 2.21. The second kappa shape index (κ2) is 7.40. The lowest BCUT2D eigenvalue weighted by Crippen LogP contribution is -2.16. The zero-order valence-electron chi connectivity index (χ0n) is 11.1. The van der Waals surface area contributed by atoms with Crippen LogP contribution in [0.1, 0.15) is 18.9 Å². The van der Waals surface area contributed by atoms with Gasteiger partial charge in [-0.3, -0.25) is 0 Å². The summed E-state index contributed by atoms with van der Waals surface area (Å²) in [5, 5.41) is 6.06. The van der Waals surface area contributed by atoms with Gasteiger partial charge in [0.05, 0.1) is 6.54 Å². The molecule has 2 N–H and O–H groups in total. The van der Waals surface area contributed by atoms with Gasteiger partial charge in [0, 0.05) is 17.2 Å². The highest BCUT2D eigenvalue weighted by atomic mass is 32.2. The molecule has 19 heavy (non-hydrogen) atoms. The van der Waals surface area contributed by atoms with E-state index in [9.17, 15) is 4.79 Å². The fourth-order valence-electron chi connectivity index (χ4n) is 1.87. The quantitative estimate of drug-likeness (QED) is 0.595. The molecule has 1 unspecified atom stereocenters. The van der Waals surface area contributed by atoms with Gasteiger partial charge in [0.15, 0.2) is 0 Å². The first-order chi connectivity index (χ1) is 9.28. The Morgan fingerprint density at radius 3 is 3.16 bits per heavy atom. The van der Waals surface area contributed by atoms with Crippen LogP contribution in [-0.4, -0.2) is 31.0 Å². The molecular weight excluding hydrogens is 260 g/mol. The predicted molar refractivity (Wildman–Crippen MR) is 77.4 cm³/mol. The van der Waals surface area contributed by atoms with Crippen LogP contribution in [0.4, 0.5) is 4.79 Å². The molecule has 1 aliphatic heterocycles. The maximum atomic E-state index is 10.9. The van der Waals surface area contributed by atoms with Crippen LogP contribution >= 0.6 is 11.8 Å². The lowest BCUT2D eigenvalue weighted by Gasteiger charge is -2.09. The Kier molecular flexibility index (Phi) is 5.54. The van der Waals surface area contributed by atoms with Crippen LogP contribution in [-0.2, 0) is 11.3 Å². The standard InChI is InChI=1S/C14H20N2O2S/c1-2-6-15-8-11-4-3-5-13(7-11)19-10-12-9-16-14(17)18-12/h3-5,7,12,15H,2,6,8-10H2,1H3,(H,16,17). The number of carbonyl (C=O) groups excluding carboxylic acids is 1. The van der Waals surface area contributed by atoms with E-state index in [4.69, 9.17) is 4.74 Å². The summed E-state index contributed by atoms with van der Waals surface area (Å²) in [6.07, 6.45) is 0.830. The van der Waals surface area contributed by atoms with Gasteiger partial charge >= 0.3 is 6.09 Å². The van der Waals surface area contributed by atoms with Gasteiger partial charge in [-0.05, 0) is 30.7 Å². The van der Waals surface area contributed by atoms with Crippen molar-refractivity contribution in [2.24, 2.45) is 0 Å². The van der Waals surface area contributed by atoms with E-state index >= 15 is 0 Å². The van der Waals surface area contributed by atoms with Gasteiger partial charge in [-0.2, -0.15) is 0 Å². The van der Waals surface area contributed by atoms with E-state index in [-0.39, 0.29) is 12.2 Å². The number of nitrogens with one attached hydrogen (secondary N) is 2. The molecular formula is C14H20N2O2S. The Morgan fingerprint density at radius 2 is 2.42 bits per heavy atom. The van der Waals surface area contributed by atoms with E-state index in [0.29, 0.717) is 6.54 Å². The van der Waals surface area contributed by atoms with Crippen LogP contribution in [0.25, 0.3) is 0 Å². The van der Waals surface area contributed by atoms with Crippen molar-refractivity contribution < 1.29 is 9.53 Å². The summed E-state index contributed by atoms with van der Waals surface area (Å²) >= 11 is 1.73. The molecule has 1 atom stereocenters. The van der Waals surface area contributed by atoms with E-state index in [1.807, 2.05) is 0 Å². The van der Waals surface area contributed by atoms with Crippen molar-refractivity contribution in [3.63, 3.8) is 0 Å². The number of cyclic esters (lactones) is 1. The zero-order valence-corrected chi connectivity index (χ0v) is 12.0. The Bertz CT molecular complexity index is 426. The molecule has 0 aromatic heterocycles. The minimum Gasteiger partial charge on any atom is -0.443 e. The first-order valence-electron chi connectivity index (χ1n) is 6.65. The number of alkyl carbamates (subject to hydrolysis) is 1. The number of benzene rings is 1. The average Bonchev–Trinajstić information content (AvgIpc) is 2.83. The van der Waals surface area contributed by atoms with E-state index in [1.54, 1.807) is 11.8 Å². The summed E-state index contributed by atoms with van der Waals surface area (Å²) in [6, 6.07) is 8.49. The van der Waals surface area contributed by atoms with Crippen molar-refractivity contribution >= 4 is 17.9 Å². The van der Waals surface area contributed by atoms with Gasteiger partial charge in [0.2, 0.25) is 0 Å². The Balaban J connectivity index is 1.79. The lowest BCUT2D eigenvalue weighted by atomic mass is 10.2. The van der Waals surface area contributed by atoms with Crippen LogP contribution in [0.5, 0.6) is 0 Å². The fourth-order valence-corrected chi connectivity index (χ4v) is 2.84. The highest BCUT2D eigenvalue weighted by Gasteiger charge is 2.22. The van der Waals surface area contributed by atoms with Gasteiger partial charge in [-0.15, -0.1) is 11.8 Å². The molecule has 0 aliphatic carbocycles. The minimum atomic E-state index is -0.303. The number of hydrogen-bond donors (Lipinski definition) is 2. The second-order valence-electron chi connectivity index (χ2n) is 4.54. The van der Waals surface area contributed by atoms with Crippen LogP contribution in [0, 0.1) is 0 Å². The Labute approximate surface area is 118 Å². The summed E-state index contributed by atoms with van der Waals surface area (Å²) in [6.45, 7) is 4.73. The summed E-state index contributed by atoms with van der Waals surface area (Å²) in [5.74, 6) is 0.796. The van der Waals surface area contributed by atoms with E-state index < -0.39 is 0 Å². The molecule has 1 amide bonds. The van der Waals surface area contributed by atoms with Crippen LogP contribution < -0.4 is 10.6 Å². The third-order valence-corrected chi connectivity index (χ3v) is 3.96. The number of hydrogen-bond acceptors (Lipinski definition) is 4. The van der Waals surface area contributed by atoms with Crippen LogP contribution in [0.3, 0.4) is 0 Å². The first kappa shape index (κ1) is 14.2. The van der Waals surface area contributed by atoms with Crippen molar-refractivity contribution in [3.05, 3.63) is 29.8 Å². The second-order valence-corrected chi connectivity index (χ2v) is 5.64. The molecule has 1 fully saturated rings. The molecule has 4 nitrogen and oxygen atoms in total. The van der Waals surface area contributed by atoms with Gasteiger partial charge in [0.1, 0.15) is 6.10 Å². The predicted octanol–water partition coefficient (Wildman–Crippen LogP) is 2.39. The Hall–Kier alpha value is -1.20. The van der Waals surface area contributed by atoms with Crippen molar-refractivity contribution in [2.45, 2.75) is 30.9 Å². The maximum Gasteiger partial charge on any atom is 0.407 e. The number of amides is 1. The summed E-state index contributed by atoms with van der Waals surface area (Å²) in [7, 11) is 0. The molecule has 1 aromatic rings. The lowest BCUT2D eigenvalue weighted by molar-refractivity contribution is 0.150. The topological polar surface area (TPSA) is 50.4 Å². The van der Waals surface area contributed by atoms with Crippen LogP contribution in [0.2, 0.25) is 0 Å². The van der Waals surface area contributed by atoms with E-state index in [2.05, 4.69) is 41.8 Å². The number of rotatable bonds is 7. The number of carbonyl (C=O) groups is 1. The maximum absolute atomic E-state index is 10.9. The molecule has 5 heteroatoms. The summed E-state index contributed by atoms with van der Waals surface area (Å²) in [5.41, 5.74) is 1.29. The van der Waals surface area contributed by atoms with Gasteiger partial charge in [0.25, 0.3) is 0 Å². The van der Waals surface area contributed by atoms with Crippen molar-refractivity contribution in [1.82, 2.24) is 10.6 Å². The molecule has 104 valence electrons. The summed E-state index contributed by atoms with van der Waals surface area (Å²) in [4.78, 5) is 12.1. The molecule has 0 spiro atoms. The molecule has 0 bridgehead atoms. The molecule has 1 heterocycles. The molecule has 0 saturated carbocycles. The first-order valence-corrected chi connectivity index (χ1v) is 7.63. The monoisotopic (exact) mass is 280 g/mol. The van der Waals surface area contributed by atoms with Crippen LogP contribution in [0.15, 0.2) is 29.2 Å². The molecule has 1 aliphatic rings. The van der Waals surface area contributed by atoms with Crippen molar-refractivity contribution in [2.75, 3.05) is 18.8 Å². The third kappa shape index (κ3) is 4.76. The normalized spacial score (nSPS) is 18.2. The Morgan fingerprint density at radius 1 is 1.53 bits per heavy atom. The van der Waals surface area contributed by atoms with Gasteiger partial charge < -0.3 is 15.4 Å². The van der Waals surface area contributed by atoms with Crippen molar-refractivity contribution in [3.8, 4) is 0 Å². The molecule has 0 radical (unpaired) electrons. The van der Waals surface area contributed by atoms with E-state index in [1.165, 1.54) is 10.5 Å². The average molecular weight is 280 g/mol. The number of ether oxygens (including phenoxy) is 1. The zero-order chi connectivity index (χ0) is 13.5. The largest absolute Gasteiger partial charge is 0.443 e. The van der Waals surface area contributed by atoms with Gasteiger partial charge in [-0.1, -0.05) is 19.1 Å². The fraction of sp³-hybridized carbons (Fsp3) is 0.500. The van der Waals surface area contributed by atoms with Gasteiger partial charge in [-0.25, -0.2) is 4.79 Å².